The highest BCUT2D eigenvalue weighted by molar-refractivity contribution is 7.89. The van der Waals surface area contributed by atoms with Crippen molar-refractivity contribution in [3.05, 3.63) is 52.4 Å². The summed E-state index contributed by atoms with van der Waals surface area (Å²) in [6.07, 6.45) is 3.70. The molecule has 1 atom stereocenters. The normalized spacial score (nSPS) is 19.2. The van der Waals surface area contributed by atoms with Gasteiger partial charge in [0.1, 0.15) is 5.65 Å². The lowest BCUT2D eigenvalue weighted by atomic mass is 10.0. The number of carbonyl (C=O) groups is 1. The van der Waals surface area contributed by atoms with E-state index in [1.807, 2.05) is 37.3 Å². The molecule has 38 heavy (non-hydrogen) atoms. The number of sulfonamides is 1. The van der Waals surface area contributed by atoms with Gasteiger partial charge in [0, 0.05) is 56.3 Å². The molecule has 0 unspecified atom stereocenters. The van der Waals surface area contributed by atoms with E-state index in [4.69, 9.17) is 4.98 Å². The molecule has 3 aromatic rings. The van der Waals surface area contributed by atoms with Gasteiger partial charge in [-0.3, -0.25) is 14.2 Å². The first-order valence-corrected chi connectivity index (χ1v) is 14.8. The molecular weight excluding hydrogens is 504 g/mol. The number of hydrogen-bond acceptors (Lipinski definition) is 7. The second kappa shape index (κ2) is 10.5. The number of rotatable bonds is 6. The molecule has 2 aliphatic heterocycles. The minimum Gasteiger partial charge on any atom is -0.351 e. The molecule has 2 aromatic heterocycles. The van der Waals surface area contributed by atoms with Crippen molar-refractivity contribution < 1.29 is 13.2 Å². The fraction of sp³-hybridized carbons (Fsp3) is 0.481. The van der Waals surface area contributed by atoms with Gasteiger partial charge >= 0.3 is 0 Å². The number of piperidine rings is 1. The summed E-state index contributed by atoms with van der Waals surface area (Å²) in [7, 11) is -3.20. The predicted octanol–water partition coefficient (Wildman–Crippen LogP) is 2.79. The second-order valence-electron chi connectivity index (χ2n) is 10.1. The van der Waals surface area contributed by atoms with Gasteiger partial charge in [-0.05, 0) is 50.3 Å². The predicted molar refractivity (Wildman–Crippen MR) is 148 cm³/mol. The summed E-state index contributed by atoms with van der Waals surface area (Å²) < 4.78 is 27.7. The van der Waals surface area contributed by atoms with Crippen molar-refractivity contribution in [1.29, 1.82) is 0 Å². The number of pyridine rings is 1. The Labute approximate surface area is 222 Å². The lowest BCUT2D eigenvalue weighted by Crippen LogP contribution is -2.43. The molecule has 202 valence electrons. The topological polar surface area (TPSA) is 118 Å². The van der Waals surface area contributed by atoms with Gasteiger partial charge in [0.15, 0.2) is 0 Å². The van der Waals surface area contributed by atoms with Crippen LogP contribution in [0.25, 0.3) is 22.2 Å². The maximum absolute atomic E-state index is 14.0. The number of hydrogen-bond donors (Lipinski definition) is 1. The molecule has 0 aliphatic carbocycles. The summed E-state index contributed by atoms with van der Waals surface area (Å²) in [4.78, 5) is 37.1. The monoisotopic (exact) mass is 538 g/mol. The Balaban J connectivity index is 1.51. The molecule has 0 saturated carbocycles. The summed E-state index contributed by atoms with van der Waals surface area (Å²) in [5.74, 6) is 0.504. The Hall–Kier alpha value is -3.31. The number of likely N-dealkylation sites (tertiary alicyclic amines) is 1. The van der Waals surface area contributed by atoms with Crippen molar-refractivity contribution in [1.82, 2.24) is 23.7 Å². The van der Waals surface area contributed by atoms with E-state index in [1.165, 1.54) is 4.31 Å². The fourth-order valence-corrected chi connectivity index (χ4v) is 6.61. The lowest BCUT2D eigenvalue weighted by molar-refractivity contribution is -0.127. The van der Waals surface area contributed by atoms with Gasteiger partial charge in [-0.15, -0.1) is 0 Å². The van der Waals surface area contributed by atoms with Crippen LogP contribution in [0.15, 0.2) is 41.3 Å². The smallest absolute Gasteiger partial charge is 0.260 e. The molecule has 2 aliphatic rings. The molecule has 2 fully saturated rings. The average molecular weight is 539 g/mol. The maximum Gasteiger partial charge on any atom is 0.260 e. The van der Waals surface area contributed by atoms with Crippen LogP contribution in [-0.4, -0.2) is 76.0 Å². The molecule has 5 rings (SSSR count). The Morgan fingerprint density at radius 3 is 2.50 bits per heavy atom. The summed E-state index contributed by atoms with van der Waals surface area (Å²) in [5.41, 5.74) is 2.86. The second-order valence-corrected chi connectivity index (χ2v) is 12.4. The van der Waals surface area contributed by atoms with Crippen LogP contribution in [0, 0.1) is 6.92 Å². The summed E-state index contributed by atoms with van der Waals surface area (Å²) in [6.45, 7) is 7.15. The van der Waals surface area contributed by atoms with Crippen molar-refractivity contribution in [3.8, 4) is 11.1 Å². The highest BCUT2D eigenvalue weighted by atomic mass is 32.2. The Morgan fingerprint density at radius 1 is 1.11 bits per heavy atom. The number of nitrogens with zero attached hydrogens (tertiary/aromatic N) is 5. The van der Waals surface area contributed by atoms with Gasteiger partial charge < -0.3 is 10.2 Å². The van der Waals surface area contributed by atoms with Gasteiger partial charge in [0.05, 0.1) is 11.8 Å². The average Bonchev–Trinajstić information content (AvgIpc) is 3.39. The number of aryl methyl sites for hydroxylation is 1. The molecule has 1 amide bonds. The SMILES string of the molecule is CCS(=O)(=O)N1CCC(Nc2ncc3cc(-c4ccccc4C)c(=O)n([C@H]4CCN(C(C)=O)C4)c3n2)CC1. The van der Waals surface area contributed by atoms with Crippen molar-refractivity contribution in [2.24, 2.45) is 0 Å². The molecule has 0 bridgehead atoms. The minimum absolute atomic E-state index is 0.00618. The van der Waals surface area contributed by atoms with Crippen LogP contribution in [-0.2, 0) is 14.8 Å². The zero-order valence-corrected chi connectivity index (χ0v) is 22.9. The van der Waals surface area contributed by atoms with E-state index >= 15 is 0 Å². The van der Waals surface area contributed by atoms with Crippen molar-refractivity contribution >= 4 is 32.9 Å². The molecule has 11 heteroatoms. The molecule has 0 spiro atoms. The number of aromatic nitrogens is 3. The van der Waals surface area contributed by atoms with Crippen LogP contribution in [0.4, 0.5) is 5.95 Å². The number of fused-ring (bicyclic) bond motifs is 1. The summed E-state index contributed by atoms with van der Waals surface area (Å²) in [5, 5.41) is 4.11. The number of anilines is 1. The van der Waals surface area contributed by atoms with Gasteiger partial charge in [0.25, 0.3) is 5.56 Å². The van der Waals surface area contributed by atoms with Crippen molar-refractivity contribution in [2.45, 2.75) is 52.1 Å². The van der Waals surface area contributed by atoms with E-state index in [1.54, 1.807) is 29.5 Å². The van der Waals surface area contributed by atoms with E-state index in [9.17, 15) is 18.0 Å². The van der Waals surface area contributed by atoms with E-state index in [-0.39, 0.29) is 29.3 Å². The third kappa shape index (κ3) is 5.04. The molecule has 2 saturated heterocycles. The number of amides is 1. The largest absolute Gasteiger partial charge is 0.351 e. The van der Waals surface area contributed by atoms with Gasteiger partial charge in [-0.25, -0.2) is 17.7 Å². The van der Waals surface area contributed by atoms with Gasteiger partial charge in [0.2, 0.25) is 21.9 Å². The van der Waals surface area contributed by atoms with Crippen LogP contribution in [0.1, 0.15) is 44.7 Å². The third-order valence-electron chi connectivity index (χ3n) is 7.73. The van der Waals surface area contributed by atoms with Crippen LogP contribution >= 0.6 is 0 Å². The third-order valence-corrected chi connectivity index (χ3v) is 9.61. The minimum atomic E-state index is -3.20. The van der Waals surface area contributed by atoms with Gasteiger partial charge in [-0.1, -0.05) is 24.3 Å². The number of benzene rings is 1. The zero-order valence-electron chi connectivity index (χ0n) is 22.1. The first kappa shape index (κ1) is 26.3. The number of carbonyl (C=O) groups excluding carboxylic acids is 1. The summed E-state index contributed by atoms with van der Waals surface area (Å²) >= 11 is 0. The van der Waals surface area contributed by atoms with E-state index in [0.29, 0.717) is 62.6 Å². The van der Waals surface area contributed by atoms with Crippen molar-refractivity contribution in [3.63, 3.8) is 0 Å². The molecule has 0 radical (unpaired) electrons. The standard InChI is InChI=1S/C27H34N6O4S/c1-4-38(36,37)32-13-9-21(10-14-32)29-27-28-16-20-15-24(23-8-6-5-7-18(23)2)26(35)33(25(20)30-27)22-11-12-31(17-22)19(3)34/h5-8,15-16,21-22H,4,9-14,17H2,1-3H3,(H,28,29,30)/t22-/m0/s1. The lowest BCUT2D eigenvalue weighted by Gasteiger charge is -2.31. The van der Waals surface area contributed by atoms with Crippen LogP contribution in [0.5, 0.6) is 0 Å². The van der Waals surface area contributed by atoms with Gasteiger partial charge in [-0.2, -0.15) is 4.98 Å². The van der Waals surface area contributed by atoms with E-state index in [2.05, 4.69) is 10.3 Å². The maximum atomic E-state index is 14.0. The van der Waals surface area contributed by atoms with Crippen molar-refractivity contribution in [2.75, 3.05) is 37.2 Å². The Bertz CT molecular complexity index is 1530. The first-order chi connectivity index (χ1) is 18.2. The highest BCUT2D eigenvalue weighted by Crippen LogP contribution is 2.29. The molecule has 1 N–H and O–H groups in total. The molecule has 1 aromatic carbocycles. The number of nitrogens with one attached hydrogen (secondary N) is 1. The Morgan fingerprint density at radius 2 is 1.84 bits per heavy atom. The highest BCUT2D eigenvalue weighted by Gasteiger charge is 2.30. The molecular formula is C27H34N6O4S. The quantitative estimate of drug-likeness (QED) is 0.513. The molecule has 10 nitrogen and oxygen atoms in total. The van der Waals surface area contributed by atoms with Crippen LogP contribution in [0.2, 0.25) is 0 Å². The first-order valence-electron chi connectivity index (χ1n) is 13.2. The Kier molecular flexibility index (Phi) is 7.23. The molecule has 4 heterocycles. The summed E-state index contributed by atoms with van der Waals surface area (Å²) in [6, 6.07) is 9.49. The van der Waals surface area contributed by atoms with E-state index in [0.717, 1.165) is 16.5 Å². The fourth-order valence-electron chi connectivity index (χ4n) is 5.48. The van der Waals surface area contributed by atoms with E-state index < -0.39 is 10.0 Å². The van der Waals surface area contributed by atoms with Crippen LogP contribution < -0.4 is 10.9 Å². The van der Waals surface area contributed by atoms with Crippen LogP contribution in [0.3, 0.4) is 0 Å². The zero-order chi connectivity index (χ0) is 27.0.